The molecule has 0 radical (unpaired) electrons. The van der Waals surface area contributed by atoms with E-state index < -0.39 is 0 Å². The van der Waals surface area contributed by atoms with Crippen molar-refractivity contribution in [3.05, 3.63) is 100 Å². The van der Waals surface area contributed by atoms with Gasteiger partial charge in [-0.3, -0.25) is 9.36 Å². The van der Waals surface area contributed by atoms with Gasteiger partial charge in [0.15, 0.2) is 0 Å². The second-order valence-corrected chi connectivity index (χ2v) is 8.17. The third-order valence-electron chi connectivity index (χ3n) is 5.62. The summed E-state index contributed by atoms with van der Waals surface area (Å²) in [5.74, 6) is 1.78. The molecule has 0 spiro atoms. The number of aryl methyl sites for hydroxylation is 2. The molecule has 0 unspecified atom stereocenters. The molecule has 4 N–H and O–H groups in total. The minimum Gasteiger partial charge on any atom is -0.491 e. The van der Waals surface area contributed by atoms with Gasteiger partial charge < -0.3 is 25.3 Å². The Balaban J connectivity index is 1.28. The molecule has 0 saturated carbocycles. The number of furan rings is 1. The van der Waals surface area contributed by atoms with Crippen molar-refractivity contribution in [2.45, 2.75) is 25.9 Å². The van der Waals surface area contributed by atoms with Crippen molar-refractivity contribution in [2.24, 2.45) is 0 Å². The number of hydrogen-bond donors (Lipinski definition) is 3. The van der Waals surface area contributed by atoms with Crippen molar-refractivity contribution in [3.63, 3.8) is 0 Å². The summed E-state index contributed by atoms with van der Waals surface area (Å²) >= 11 is 0. The van der Waals surface area contributed by atoms with Crippen LogP contribution in [0.2, 0.25) is 0 Å². The van der Waals surface area contributed by atoms with Crippen molar-refractivity contribution in [1.82, 2.24) is 14.9 Å². The molecule has 0 bridgehead atoms. The van der Waals surface area contributed by atoms with E-state index in [0.29, 0.717) is 31.7 Å². The fraction of sp³-hybridized carbons (Fsp3) is 0.259. The highest BCUT2D eigenvalue weighted by atomic mass is 16.5. The van der Waals surface area contributed by atoms with Gasteiger partial charge in [0.2, 0.25) is 5.95 Å². The van der Waals surface area contributed by atoms with Gasteiger partial charge >= 0.3 is 0 Å². The monoisotopic (exact) mass is 474 g/mol. The standard InChI is InChI=1S/C27H30N4O4/c28-27-30-23(9-6-20-3-1-4-22(17-20)25-5-2-15-35-25)18-26(33)31(27)13-12-29-19-21-7-10-24(11-8-21)34-16-14-32/h1-5,7-8,10-11,15,17-18,29,32H,6,9,12-14,16,19H2,(H2,28,30). The lowest BCUT2D eigenvalue weighted by Crippen LogP contribution is -2.29. The summed E-state index contributed by atoms with van der Waals surface area (Å²) in [4.78, 5) is 17.1. The van der Waals surface area contributed by atoms with Crippen LogP contribution in [0.4, 0.5) is 5.95 Å². The van der Waals surface area contributed by atoms with Gasteiger partial charge in [-0.1, -0.05) is 30.3 Å². The first kappa shape index (κ1) is 24.3. The van der Waals surface area contributed by atoms with Crippen LogP contribution in [-0.4, -0.2) is 34.4 Å². The number of hydrogen-bond acceptors (Lipinski definition) is 7. The summed E-state index contributed by atoms with van der Waals surface area (Å²) in [6.45, 7) is 1.92. The molecule has 35 heavy (non-hydrogen) atoms. The van der Waals surface area contributed by atoms with Crippen molar-refractivity contribution < 1.29 is 14.3 Å². The fourth-order valence-electron chi connectivity index (χ4n) is 3.81. The summed E-state index contributed by atoms with van der Waals surface area (Å²) < 4.78 is 12.3. The second-order valence-electron chi connectivity index (χ2n) is 8.17. The Labute approximate surface area is 204 Å². The zero-order valence-corrected chi connectivity index (χ0v) is 19.5. The summed E-state index contributed by atoms with van der Waals surface area (Å²) in [6, 6.07) is 21.2. The van der Waals surface area contributed by atoms with Gasteiger partial charge in [-0.2, -0.15) is 0 Å². The molecule has 2 aromatic heterocycles. The quantitative estimate of drug-likeness (QED) is 0.270. The highest BCUT2D eigenvalue weighted by Crippen LogP contribution is 2.21. The smallest absolute Gasteiger partial charge is 0.255 e. The number of rotatable bonds is 12. The molecule has 0 aliphatic heterocycles. The Morgan fingerprint density at radius 3 is 2.63 bits per heavy atom. The average Bonchev–Trinajstić information content (AvgIpc) is 3.41. The van der Waals surface area contributed by atoms with E-state index in [4.69, 9.17) is 20.0 Å². The molecule has 4 aromatic rings. The Hall–Kier alpha value is -3.88. The molecule has 0 aliphatic carbocycles. The molecule has 0 amide bonds. The number of aliphatic hydroxyl groups is 1. The zero-order valence-electron chi connectivity index (χ0n) is 19.5. The number of nitrogens with one attached hydrogen (secondary N) is 1. The van der Waals surface area contributed by atoms with Gasteiger partial charge in [0, 0.05) is 31.3 Å². The van der Waals surface area contributed by atoms with Gasteiger partial charge in [-0.15, -0.1) is 0 Å². The molecule has 8 heteroatoms. The van der Waals surface area contributed by atoms with Crippen molar-refractivity contribution >= 4 is 5.95 Å². The molecular weight excluding hydrogens is 444 g/mol. The lowest BCUT2D eigenvalue weighted by Gasteiger charge is -2.12. The first-order chi connectivity index (χ1) is 17.1. The van der Waals surface area contributed by atoms with Crippen LogP contribution in [0.15, 0.2) is 82.2 Å². The second kappa shape index (κ2) is 12.0. The van der Waals surface area contributed by atoms with Crippen LogP contribution >= 0.6 is 0 Å². The molecule has 2 heterocycles. The molecule has 2 aromatic carbocycles. The minimum atomic E-state index is -0.149. The Kier molecular flexibility index (Phi) is 8.32. The highest BCUT2D eigenvalue weighted by molar-refractivity contribution is 5.58. The van der Waals surface area contributed by atoms with Gasteiger partial charge in [0.25, 0.3) is 5.56 Å². The van der Waals surface area contributed by atoms with Crippen LogP contribution < -0.4 is 21.3 Å². The van der Waals surface area contributed by atoms with Crippen LogP contribution in [-0.2, 0) is 25.9 Å². The van der Waals surface area contributed by atoms with E-state index in [1.54, 1.807) is 12.3 Å². The third kappa shape index (κ3) is 6.81. The lowest BCUT2D eigenvalue weighted by molar-refractivity contribution is 0.201. The van der Waals surface area contributed by atoms with Crippen LogP contribution in [0.25, 0.3) is 11.3 Å². The number of aromatic nitrogens is 2. The number of nitrogens with two attached hydrogens (primary N) is 1. The molecule has 0 saturated heterocycles. The van der Waals surface area contributed by atoms with E-state index in [0.717, 1.165) is 34.6 Å². The number of nitrogens with zero attached hydrogens (tertiary/aromatic N) is 2. The Bertz CT molecular complexity index is 1270. The summed E-state index contributed by atoms with van der Waals surface area (Å²) in [7, 11) is 0. The number of benzene rings is 2. The van der Waals surface area contributed by atoms with Crippen LogP contribution in [0.3, 0.4) is 0 Å². The van der Waals surface area contributed by atoms with Crippen LogP contribution in [0.5, 0.6) is 5.75 Å². The summed E-state index contributed by atoms with van der Waals surface area (Å²) in [6.07, 6.45) is 3.03. The molecule has 4 rings (SSSR count). The SMILES string of the molecule is Nc1nc(CCc2cccc(-c3ccco3)c2)cc(=O)n1CCNCc1ccc(OCCO)cc1. The van der Waals surface area contributed by atoms with Crippen molar-refractivity contribution in [1.29, 1.82) is 0 Å². The van der Waals surface area contributed by atoms with Crippen molar-refractivity contribution in [3.8, 4) is 17.1 Å². The lowest BCUT2D eigenvalue weighted by atomic mass is 10.0. The first-order valence-electron chi connectivity index (χ1n) is 11.6. The van der Waals surface area contributed by atoms with E-state index >= 15 is 0 Å². The molecule has 182 valence electrons. The zero-order chi connectivity index (χ0) is 24.5. The van der Waals surface area contributed by atoms with Gasteiger partial charge in [0.1, 0.15) is 18.1 Å². The highest BCUT2D eigenvalue weighted by Gasteiger charge is 2.08. The predicted octanol–water partition coefficient (Wildman–Crippen LogP) is 3.03. The van der Waals surface area contributed by atoms with Gasteiger partial charge in [-0.25, -0.2) is 4.98 Å². The van der Waals surface area contributed by atoms with E-state index in [9.17, 15) is 4.79 Å². The van der Waals surface area contributed by atoms with Crippen molar-refractivity contribution in [2.75, 3.05) is 25.5 Å². The van der Waals surface area contributed by atoms with Gasteiger partial charge in [0.05, 0.1) is 18.6 Å². The maximum Gasteiger partial charge on any atom is 0.255 e. The van der Waals surface area contributed by atoms with E-state index in [1.807, 2.05) is 48.5 Å². The van der Waals surface area contributed by atoms with Gasteiger partial charge in [-0.05, 0) is 54.3 Å². The Morgan fingerprint density at radius 1 is 1.03 bits per heavy atom. The normalized spacial score (nSPS) is 11.0. The minimum absolute atomic E-state index is 0.0119. The van der Waals surface area contributed by atoms with Crippen LogP contribution in [0.1, 0.15) is 16.8 Å². The largest absolute Gasteiger partial charge is 0.491 e. The summed E-state index contributed by atoms with van der Waals surface area (Å²) in [5, 5.41) is 12.1. The molecule has 0 aliphatic rings. The molecule has 0 atom stereocenters. The maximum absolute atomic E-state index is 12.6. The molecule has 8 nitrogen and oxygen atoms in total. The number of ether oxygens (including phenoxy) is 1. The summed E-state index contributed by atoms with van der Waals surface area (Å²) in [5.41, 5.74) is 9.89. The first-order valence-corrected chi connectivity index (χ1v) is 11.6. The fourth-order valence-corrected chi connectivity index (χ4v) is 3.81. The topological polar surface area (TPSA) is 116 Å². The molecule has 0 fully saturated rings. The van der Waals surface area contributed by atoms with Crippen LogP contribution in [0, 0.1) is 0 Å². The number of nitrogen functional groups attached to an aromatic ring is 1. The van der Waals surface area contributed by atoms with E-state index in [2.05, 4.69) is 22.4 Å². The number of anilines is 1. The average molecular weight is 475 g/mol. The van der Waals surface area contributed by atoms with E-state index in [-0.39, 0.29) is 24.7 Å². The maximum atomic E-state index is 12.6. The predicted molar refractivity (Wildman–Crippen MR) is 135 cm³/mol. The molecular formula is C27H30N4O4. The third-order valence-corrected chi connectivity index (χ3v) is 5.62. The number of aliphatic hydroxyl groups excluding tert-OH is 1. The Morgan fingerprint density at radius 2 is 1.89 bits per heavy atom. The van der Waals surface area contributed by atoms with E-state index in [1.165, 1.54) is 4.57 Å².